The summed E-state index contributed by atoms with van der Waals surface area (Å²) in [6.45, 7) is 2.94. The van der Waals surface area contributed by atoms with Crippen molar-refractivity contribution in [3.05, 3.63) is 57.8 Å². The van der Waals surface area contributed by atoms with Crippen LogP contribution in [0.3, 0.4) is 0 Å². The highest BCUT2D eigenvalue weighted by molar-refractivity contribution is 7.16. The third-order valence-corrected chi connectivity index (χ3v) is 6.18. The summed E-state index contributed by atoms with van der Waals surface area (Å²) in [4.78, 5) is 23.3. The second-order valence-corrected chi connectivity index (χ2v) is 8.98. The number of rotatable bonds is 14. The molecule has 0 saturated heterocycles. The molecule has 32 heavy (non-hydrogen) atoms. The summed E-state index contributed by atoms with van der Waals surface area (Å²) in [6.07, 6.45) is 13.0. The lowest BCUT2D eigenvalue weighted by atomic mass is 10.1. The number of benzene rings is 2. The summed E-state index contributed by atoms with van der Waals surface area (Å²) in [5.74, 6) is 0.618. The summed E-state index contributed by atoms with van der Waals surface area (Å²) in [6, 6.07) is 11.9. The van der Waals surface area contributed by atoms with Crippen molar-refractivity contribution < 1.29 is 18.7 Å². The highest BCUT2D eigenvalue weighted by Gasteiger charge is 2.11. The van der Waals surface area contributed by atoms with E-state index in [1.54, 1.807) is 42.5 Å². The summed E-state index contributed by atoms with van der Waals surface area (Å²) >= 11 is 1.02. The molecule has 5 nitrogen and oxygen atoms in total. The number of fused-ring (bicyclic) bond motifs is 1. The van der Waals surface area contributed by atoms with Crippen LogP contribution in [0.25, 0.3) is 10.3 Å². The van der Waals surface area contributed by atoms with Gasteiger partial charge in [-0.15, -0.1) is 0 Å². The van der Waals surface area contributed by atoms with E-state index < -0.39 is 5.97 Å². The minimum absolute atomic E-state index is 0.338. The van der Waals surface area contributed by atoms with Gasteiger partial charge >= 0.3 is 10.9 Å². The van der Waals surface area contributed by atoms with Crippen LogP contribution in [0.1, 0.15) is 81.5 Å². The van der Waals surface area contributed by atoms with Gasteiger partial charge in [-0.25, -0.2) is 9.59 Å². The third kappa shape index (κ3) is 7.83. The summed E-state index contributed by atoms with van der Waals surface area (Å²) in [5, 5.41) is 0. The van der Waals surface area contributed by atoms with E-state index in [4.69, 9.17) is 13.9 Å². The number of hydrogen-bond acceptors (Lipinski definition) is 6. The van der Waals surface area contributed by atoms with Gasteiger partial charge in [0.15, 0.2) is 5.58 Å². The molecule has 0 atom stereocenters. The van der Waals surface area contributed by atoms with Gasteiger partial charge in [-0.1, -0.05) is 76.0 Å². The van der Waals surface area contributed by atoms with Gasteiger partial charge in [0.1, 0.15) is 11.5 Å². The Kier molecular flexibility index (Phi) is 9.82. The maximum Gasteiger partial charge on any atom is 0.396 e. The van der Waals surface area contributed by atoms with E-state index in [-0.39, 0.29) is 4.94 Å². The van der Waals surface area contributed by atoms with Crippen molar-refractivity contribution >= 4 is 27.6 Å². The maximum absolute atomic E-state index is 12.4. The Morgan fingerprint density at radius 3 is 2.16 bits per heavy atom. The Morgan fingerprint density at radius 2 is 1.47 bits per heavy atom. The van der Waals surface area contributed by atoms with E-state index in [1.807, 2.05) is 0 Å². The molecule has 1 aromatic heterocycles. The first-order valence-corrected chi connectivity index (χ1v) is 12.5. The van der Waals surface area contributed by atoms with Gasteiger partial charge in [0.25, 0.3) is 0 Å². The standard InChI is InChI=1S/C26H32O5S/c1-2-3-4-5-6-7-8-9-10-11-18-29-21-14-12-20(13-15-21)25(27)30-22-16-17-24-23(19-22)31-26(28)32-24/h12-17,19H,2-11,18H2,1H3. The predicted octanol–water partition coefficient (Wildman–Crippen LogP) is 7.37. The number of ether oxygens (including phenoxy) is 2. The van der Waals surface area contributed by atoms with Crippen LogP contribution in [0, 0.1) is 0 Å². The molecule has 0 fully saturated rings. The molecule has 1 heterocycles. The Morgan fingerprint density at radius 1 is 0.844 bits per heavy atom. The molecule has 0 amide bonds. The topological polar surface area (TPSA) is 65.7 Å². The Balaban J connectivity index is 1.32. The molecule has 0 radical (unpaired) electrons. The number of esters is 1. The van der Waals surface area contributed by atoms with Gasteiger partial charge in [-0.3, -0.25) is 0 Å². The third-order valence-electron chi connectivity index (χ3n) is 5.37. The second kappa shape index (κ2) is 13.1. The van der Waals surface area contributed by atoms with Crippen molar-refractivity contribution in [3.8, 4) is 11.5 Å². The molecule has 172 valence electrons. The molecule has 0 unspecified atom stereocenters. The molecular formula is C26H32O5S. The SMILES string of the molecule is CCCCCCCCCCCCOc1ccc(C(=O)Oc2ccc3sc(=O)oc3c2)cc1. The van der Waals surface area contributed by atoms with Gasteiger partial charge in [0.05, 0.1) is 16.9 Å². The van der Waals surface area contributed by atoms with Gasteiger partial charge in [0, 0.05) is 6.07 Å². The fraction of sp³-hybridized carbons (Fsp3) is 0.462. The highest BCUT2D eigenvalue weighted by Crippen LogP contribution is 2.23. The average molecular weight is 457 g/mol. The van der Waals surface area contributed by atoms with Gasteiger partial charge < -0.3 is 13.9 Å². The van der Waals surface area contributed by atoms with E-state index >= 15 is 0 Å². The van der Waals surface area contributed by atoms with Crippen LogP contribution < -0.4 is 14.4 Å². The predicted molar refractivity (Wildman–Crippen MR) is 129 cm³/mol. The Labute approximate surface area is 193 Å². The first-order valence-electron chi connectivity index (χ1n) is 11.6. The molecule has 0 N–H and O–H groups in total. The van der Waals surface area contributed by atoms with Crippen LogP contribution in [-0.2, 0) is 0 Å². The molecular weight excluding hydrogens is 424 g/mol. The molecule has 0 aliphatic rings. The number of carbonyl (C=O) groups excluding carboxylic acids is 1. The lowest BCUT2D eigenvalue weighted by molar-refractivity contribution is 0.0735. The number of unbranched alkanes of at least 4 members (excludes halogenated alkanes) is 9. The molecule has 3 rings (SSSR count). The largest absolute Gasteiger partial charge is 0.494 e. The fourth-order valence-corrected chi connectivity index (χ4v) is 4.20. The molecule has 0 spiro atoms. The Hall–Kier alpha value is -2.60. The zero-order chi connectivity index (χ0) is 22.6. The van der Waals surface area contributed by atoms with Crippen LogP contribution in [-0.4, -0.2) is 12.6 Å². The van der Waals surface area contributed by atoms with Crippen LogP contribution in [0.15, 0.2) is 51.7 Å². The minimum atomic E-state index is -0.469. The smallest absolute Gasteiger partial charge is 0.396 e. The van der Waals surface area contributed by atoms with Crippen LogP contribution in [0.5, 0.6) is 11.5 Å². The van der Waals surface area contributed by atoms with Gasteiger partial charge in [-0.2, -0.15) is 0 Å². The highest BCUT2D eigenvalue weighted by atomic mass is 32.1. The van der Waals surface area contributed by atoms with Crippen LogP contribution in [0.2, 0.25) is 0 Å². The summed E-state index contributed by atoms with van der Waals surface area (Å²) in [7, 11) is 0. The fourth-order valence-electron chi connectivity index (χ4n) is 3.55. The van der Waals surface area contributed by atoms with Crippen LogP contribution >= 0.6 is 11.3 Å². The summed E-state index contributed by atoms with van der Waals surface area (Å²) in [5.41, 5.74) is 0.851. The van der Waals surface area contributed by atoms with E-state index in [1.165, 1.54) is 57.8 Å². The van der Waals surface area contributed by atoms with Gasteiger partial charge in [0.2, 0.25) is 0 Å². The molecule has 0 aliphatic heterocycles. The van der Waals surface area contributed by atoms with E-state index in [9.17, 15) is 9.59 Å². The first kappa shape index (κ1) is 24.1. The number of hydrogen-bond donors (Lipinski definition) is 0. The van der Waals surface area contributed by atoms with Crippen molar-refractivity contribution in [1.29, 1.82) is 0 Å². The molecule has 3 aromatic rings. The van der Waals surface area contributed by atoms with Crippen molar-refractivity contribution in [3.63, 3.8) is 0 Å². The molecule has 6 heteroatoms. The summed E-state index contributed by atoms with van der Waals surface area (Å²) < 4.78 is 17.0. The van der Waals surface area contributed by atoms with Crippen molar-refractivity contribution in [2.45, 2.75) is 71.1 Å². The molecule has 0 aliphatic carbocycles. The quantitative estimate of drug-likeness (QED) is 0.144. The number of carbonyl (C=O) groups is 1. The van der Waals surface area contributed by atoms with Crippen LogP contribution in [0.4, 0.5) is 0 Å². The average Bonchev–Trinajstić information content (AvgIpc) is 3.17. The van der Waals surface area contributed by atoms with Crippen molar-refractivity contribution in [2.24, 2.45) is 0 Å². The monoisotopic (exact) mass is 456 g/mol. The lowest BCUT2D eigenvalue weighted by Gasteiger charge is -2.08. The van der Waals surface area contributed by atoms with Gasteiger partial charge in [-0.05, 0) is 42.8 Å². The molecule has 0 saturated carbocycles. The van der Waals surface area contributed by atoms with Crippen molar-refractivity contribution in [1.82, 2.24) is 0 Å². The van der Waals surface area contributed by atoms with E-state index in [0.29, 0.717) is 23.5 Å². The molecule has 0 bridgehead atoms. The first-order chi connectivity index (χ1) is 15.7. The molecule has 2 aromatic carbocycles. The second-order valence-electron chi connectivity index (χ2n) is 8.01. The normalized spacial score (nSPS) is 11.0. The van der Waals surface area contributed by atoms with E-state index in [0.717, 1.165) is 28.2 Å². The zero-order valence-corrected chi connectivity index (χ0v) is 19.6. The Bertz CT molecular complexity index is 1020. The minimum Gasteiger partial charge on any atom is -0.494 e. The van der Waals surface area contributed by atoms with Crippen molar-refractivity contribution in [2.75, 3.05) is 6.61 Å². The lowest BCUT2D eigenvalue weighted by Crippen LogP contribution is -2.08. The zero-order valence-electron chi connectivity index (χ0n) is 18.8. The van der Waals surface area contributed by atoms with E-state index in [2.05, 4.69) is 6.92 Å². The maximum atomic E-state index is 12.4.